The summed E-state index contributed by atoms with van der Waals surface area (Å²) in [7, 11) is 1.40. The van der Waals surface area contributed by atoms with Crippen LogP contribution in [0.1, 0.15) is 32.1 Å². The second kappa shape index (κ2) is 8.67. The summed E-state index contributed by atoms with van der Waals surface area (Å²) in [6.45, 7) is 4.60. The lowest BCUT2D eigenvalue weighted by Crippen LogP contribution is -2.34. The first-order valence-corrected chi connectivity index (χ1v) is 9.75. The van der Waals surface area contributed by atoms with Crippen molar-refractivity contribution in [3.8, 4) is 0 Å². The fraction of sp³-hybridized carbons (Fsp3) is 0.706. The first-order chi connectivity index (χ1) is 11.8. The van der Waals surface area contributed by atoms with Crippen LogP contribution in [0.15, 0.2) is 17.4 Å². The zero-order chi connectivity index (χ0) is 16.8. The van der Waals surface area contributed by atoms with Gasteiger partial charge in [0.15, 0.2) is 0 Å². The summed E-state index contributed by atoms with van der Waals surface area (Å²) in [5.41, 5.74) is 0. The van der Waals surface area contributed by atoms with Crippen LogP contribution in [0.4, 0.5) is 5.82 Å². The zero-order valence-corrected chi connectivity index (χ0v) is 15.1. The Morgan fingerprint density at radius 1 is 1.21 bits per heavy atom. The van der Waals surface area contributed by atoms with Crippen LogP contribution in [-0.4, -0.2) is 65.9 Å². The maximum absolute atomic E-state index is 11.3. The Morgan fingerprint density at radius 3 is 2.83 bits per heavy atom. The number of carbonyl (C=O) groups is 1. The number of hydrogen-bond acceptors (Lipinski definition) is 7. The van der Waals surface area contributed by atoms with E-state index in [1.165, 1.54) is 64.1 Å². The molecule has 0 aromatic carbocycles. The molecule has 7 heteroatoms. The van der Waals surface area contributed by atoms with Gasteiger partial charge in [-0.1, -0.05) is 11.8 Å². The maximum atomic E-state index is 11.3. The van der Waals surface area contributed by atoms with Crippen molar-refractivity contribution in [2.24, 2.45) is 0 Å². The van der Waals surface area contributed by atoms with Gasteiger partial charge < -0.3 is 14.5 Å². The van der Waals surface area contributed by atoms with Crippen LogP contribution >= 0.6 is 11.8 Å². The van der Waals surface area contributed by atoms with Crippen LogP contribution < -0.4 is 4.90 Å². The number of rotatable bonds is 5. The smallest absolute Gasteiger partial charge is 0.316 e. The lowest BCUT2D eigenvalue weighted by atomic mass is 10.1. The van der Waals surface area contributed by atoms with Gasteiger partial charge in [-0.05, 0) is 45.2 Å². The van der Waals surface area contributed by atoms with Crippen LogP contribution in [0.2, 0.25) is 0 Å². The normalized spacial score (nSPS) is 22.4. The Balaban J connectivity index is 1.58. The van der Waals surface area contributed by atoms with Crippen molar-refractivity contribution in [2.45, 2.75) is 43.2 Å². The summed E-state index contributed by atoms with van der Waals surface area (Å²) >= 11 is 1.37. The standard InChI is InChI=1S/C17H26N4O2S/c1-23-17(22)13-24-16-12-18-11-15(19-16)21-9-4-5-14(6-10-21)20-7-2-3-8-20/h11-12,14H,2-10,13H2,1H3. The van der Waals surface area contributed by atoms with Gasteiger partial charge in [0.05, 0.1) is 25.3 Å². The fourth-order valence-electron chi connectivity index (χ4n) is 3.53. The lowest BCUT2D eigenvalue weighted by Gasteiger charge is -2.26. The van der Waals surface area contributed by atoms with Gasteiger partial charge in [0, 0.05) is 19.1 Å². The molecule has 6 nitrogen and oxygen atoms in total. The van der Waals surface area contributed by atoms with Gasteiger partial charge in [0.1, 0.15) is 10.8 Å². The highest BCUT2D eigenvalue weighted by atomic mass is 32.2. The number of nitrogens with zero attached hydrogens (tertiary/aromatic N) is 4. The number of aromatic nitrogens is 2. The summed E-state index contributed by atoms with van der Waals surface area (Å²) in [6.07, 6.45) is 9.92. The van der Waals surface area contributed by atoms with Gasteiger partial charge in [0.25, 0.3) is 0 Å². The van der Waals surface area contributed by atoms with E-state index in [9.17, 15) is 4.79 Å². The summed E-state index contributed by atoms with van der Waals surface area (Å²) in [4.78, 5) is 25.3. The highest BCUT2D eigenvalue weighted by molar-refractivity contribution is 7.99. The second-order valence-corrected chi connectivity index (χ2v) is 7.39. The second-order valence-electron chi connectivity index (χ2n) is 6.40. The van der Waals surface area contributed by atoms with E-state index in [-0.39, 0.29) is 11.7 Å². The number of carbonyl (C=O) groups excluding carboxylic acids is 1. The van der Waals surface area contributed by atoms with Crippen LogP contribution in [0.3, 0.4) is 0 Å². The molecular formula is C17H26N4O2S. The quantitative estimate of drug-likeness (QED) is 0.596. The summed E-state index contributed by atoms with van der Waals surface area (Å²) in [5, 5.41) is 0.776. The minimum atomic E-state index is -0.240. The Kier molecular flexibility index (Phi) is 6.31. The molecule has 0 aliphatic carbocycles. The van der Waals surface area contributed by atoms with Crippen LogP contribution in [0, 0.1) is 0 Å². The maximum Gasteiger partial charge on any atom is 0.316 e. The molecule has 0 amide bonds. The minimum Gasteiger partial charge on any atom is -0.468 e. The molecule has 0 bridgehead atoms. The van der Waals surface area contributed by atoms with Crippen molar-refractivity contribution in [1.29, 1.82) is 0 Å². The molecule has 1 atom stereocenters. The molecule has 0 radical (unpaired) electrons. The van der Waals surface area contributed by atoms with E-state index in [0.717, 1.165) is 30.0 Å². The number of thioether (sulfide) groups is 1. The van der Waals surface area contributed by atoms with E-state index in [1.54, 1.807) is 6.20 Å². The molecular weight excluding hydrogens is 324 g/mol. The summed E-state index contributed by atoms with van der Waals surface area (Å²) in [6, 6.07) is 0.724. The SMILES string of the molecule is COC(=O)CSc1cncc(N2CCCC(N3CCCC3)CC2)n1. The first-order valence-electron chi connectivity index (χ1n) is 8.77. The molecule has 0 saturated carbocycles. The molecule has 2 aliphatic rings. The number of hydrogen-bond donors (Lipinski definition) is 0. The van der Waals surface area contributed by atoms with Crippen molar-refractivity contribution >= 4 is 23.5 Å². The molecule has 2 aliphatic heterocycles. The summed E-state index contributed by atoms with van der Waals surface area (Å²) in [5.74, 6) is 0.952. The predicted octanol–water partition coefficient (Wildman–Crippen LogP) is 2.20. The van der Waals surface area contributed by atoms with Gasteiger partial charge in [-0.2, -0.15) is 0 Å². The number of ether oxygens (including phenoxy) is 1. The average molecular weight is 350 g/mol. The van der Waals surface area contributed by atoms with E-state index in [2.05, 4.69) is 24.5 Å². The van der Waals surface area contributed by atoms with Crippen molar-refractivity contribution in [2.75, 3.05) is 43.9 Å². The third-order valence-electron chi connectivity index (χ3n) is 4.84. The molecule has 3 rings (SSSR count). The number of esters is 1. The monoisotopic (exact) mass is 350 g/mol. The van der Waals surface area contributed by atoms with Gasteiger partial charge in [-0.25, -0.2) is 4.98 Å². The Bertz CT molecular complexity index is 551. The van der Waals surface area contributed by atoms with E-state index < -0.39 is 0 Å². The van der Waals surface area contributed by atoms with Crippen molar-refractivity contribution < 1.29 is 9.53 Å². The highest BCUT2D eigenvalue weighted by Crippen LogP contribution is 2.24. The molecule has 1 aromatic heterocycles. The molecule has 0 N–H and O–H groups in total. The first kappa shape index (κ1) is 17.5. The van der Waals surface area contributed by atoms with Gasteiger partial charge in [0.2, 0.25) is 0 Å². The van der Waals surface area contributed by atoms with Crippen molar-refractivity contribution in [3.63, 3.8) is 0 Å². The summed E-state index contributed by atoms with van der Waals surface area (Å²) < 4.78 is 4.67. The Hall–Kier alpha value is -1.34. The van der Waals surface area contributed by atoms with Crippen LogP contribution in [0.25, 0.3) is 0 Å². The third-order valence-corrected chi connectivity index (χ3v) is 5.72. The largest absolute Gasteiger partial charge is 0.468 e. The molecule has 132 valence electrons. The number of anilines is 1. The van der Waals surface area contributed by atoms with Gasteiger partial charge >= 0.3 is 5.97 Å². The molecule has 1 aromatic rings. The third kappa shape index (κ3) is 4.60. The molecule has 0 spiro atoms. The van der Waals surface area contributed by atoms with E-state index in [4.69, 9.17) is 0 Å². The Labute approximate surface area is 148 Å². The van der Waals surface area contributed by atoms with E-state index >= 15 is 0 Å². The zero-order valence-electron chi connectivity index (χ0n) is 14.3. The fourth-order valence-corrected chi connectivity index (χ4v) is 4.21. The van der Waals surface area contributed by atoms with Crippen LogP contribution in [0.5, 0.6) is 0 Å². The Morgan fingerprint density at radius 2 is 2.04 bits per heavy atom. The topological polar surface area (TPSA) is 58.6 Å². The molecule has 2 saturated heterocycles. The van der Waals surface area contributed by atoms with Gasteiger partial charge in [-0.3, -0.25) is 9.78 Å². The molecule has 1 unspecified atom stereocenters. The molecule has 3 heterocycles. The average Bonchev–Trinajstić information content (AvgIpc) is 3.04. The molecule has 2 fully saturated rings. The predicted molar refractivity (Wildman–Crippen MR) is 95.4 cm³/mol. The number of likely N-dealkylation sites (tertiary alicyclic amines) is 1. The van der Waals surface area contributed by atoms with Gasteiger partial charge in [-0.15, -0.1) is 0 Å². The van der Waals surface area contributed by atoms with Crippen molar-refractivity contribution in [1.82, 2.24) is 14.9 Å². The molecule has 24 heavy (non-hydrogen) atoms. The van der Waals surface area contributed by atoms with Crippen LogP contribution in [-0.2, 0) is 9.53 Å². The minimum absolute atomic E-state index is 0.240. The number of methoxy groups -OCH3 is 1. The highest BCUT2D eigenvalue weighted by Gasteiger charge is 2.25. The lowest BCUT2D eigenvalue weighted by molar-refractivity contribution is -0.137. The van der Waals surface area contributed by atoms with Crippen molar-refractivity contribution in [3.05, 3.63) is 12.4 Å². The van der Waals surface area contributed by atoms with E-state index in [1.807, 2.05) is 6.20 Å². The van der Waals surface area contributed by atoms with E-state index in [0.29, 0.717) is 0 Å².